The fourth-order valence-corrected chi connectivity index (χ4v) is 1.47. The van der Waals surface area contributed by atoms with Crippen LogP contribution in [0.2, 0.25) is 5.15 Å². The molecule has 0 N–H and O–H groups in total. The molecule has 0 radical (unpaired) electrons. The zero-order valence-corrected chi connectivity index (χ0v) is 8.61. The Bertz CT molecular complexity index is 482. The molecule has 0 aliphatic carbocycles. The van der Waals surface area contributed by atoms with Crippen molar-refractivity contribution >= 4 is 17.4 Å². The molecule has 0 aliphatic rings. The standard InChI is InChI=1S/C12H8ClNO/c13-11-8-10(6-7-14-11)12(15)9-4-2-1-3-5-9/h1-8H. The zero-order chi connectivity index (χ0) is 10.7. The lowest BCUT2D eigenvalue weighted by Crippen LogP contribution is -2.00. The molecule has 1 aromatic carbocycles. The molecule has 0 unspecified atom stereocenters. The Morgan fingerprint density at radius 1 is 1.07 bits per heavy atom. The van der Waals surface area contributed by atoms with E-state index in [0.29, 0.717) is 16.3 Å². The van der Waals surface area contributed by atoms with Gasteiger partial charge in [-0.2, -0.15) is 0 Å². The summed E-state index contributed by atoms with van der Waals surface area (Å²) in [4.78, 5) is 15.7. The molecule has 0 fully saturated rings. The van der Waals surface area contributed by atoms with E-state index in [0.717, 1.165) is 0 Å². The van der Waals surface area contributed by atoms with Crippen LogP contribution in [0.15, 0.2) is 48.7 Å². The fraction of sp³-hybridized carbons (Fsp3) is 0. The van der Waals surface area contributed by atoms with Crippen LogP contribution < -0.4 is 0 Å². The number of pyridine rings is 1. The van der Waals surface area contributed by atoms with Crippen molar-refractivity contribution < 1.29 is 4.79 Å². The van der Waals surface area contributed by atoms with Crippen molar-refractivity contribution in [3.05, 3.63) is 64.9 Å². The minimum absolute atomic E-state index is 0.0418. The third-order valence-corrected chi connectivity index (χ3v) is 2.23. The maximum Gasteiger partial charge on any atom is 0.193 e. The van der Waals surface area contributed by atoms with Gasteiger partial charge in [0.1, 0.15) is 5.15 Å². The molecule has 0 amide bonds. The summed E-state index contributed by atoms with van der Waals surface area (Å²) in [7, 11) is 0. The molecule has 3 heteroatoms. The number of hydrogen-bond acceptors (Lipinski definition) is 2. The quantitative estimate of drug-likeness (QED) is 0.572. The fourth-order valence-electron chi connectivity index (χ4n) is 1.30. The number of ketones is 1. The van der Waals surface area contributed by atoms with Gasteiger partial charge in [-0.25, -0.2) is 4.98 Å². The third-order valence-electron chi connectivity index (χ3n) is 2.02. The molecule has 2 rings (SSSR count). The van der Waals surface area contributed by atoms with E-state index in [9.17, 15) is 4.79 Å². The number of nitrogens with zero attached hydrogens (tertiary/aromatic N) is 1. The van der Waals surface area contributed by atoms with Crippen molar-refractivity contribution in [1.29, 1.82) is 0 Å². The van der Waals surface area contributed by atoms with Crippen molar-refractivity contribution in [3.63, 3.8) is 0 Å². The SMILES string of the molecule is O=C(c1ccccc1)c1ccnc(Cl)c1. The van der Waals surface area contributed by atoms with Crippen LogP contribution in [0, 0.1) is 0 Å². The largest absolute Gasteiger partial charge is 0.289 e. The van der Waals surface area contributed by atoms with Gasteiger partial charge in [-0.15, -0.1) is 0 Å². The molecule has 0 saturated heterocycles. The van der Waals surface area contributed by atoms with Crippen molar-refractivity contribution in [2.75, 3.05) is 0 Å². The predicted molar refractivity (Wildman–Crippen MR) is 59.1 cm³/mol. The van der Waals surface area contributed by atoms with E-state index in [4.69, 9.17) is 11.6 Å². The van der Waals surface area contributed by atoms with Crippen LogP contribution in [0.25, 0.3) is 0 Å². The van der Waals surface area contributed by atoms with Crippen molar-refractivity contribution in [2.24, 2.45) is 0 Å². The average molecular weight is 218 g/mol. The smallest absolute Gasteiger partial charge is 0.193 e. The van der Waals surface area contributed by atoms with Crippen molar-refractivity contribution in [1.82, 2.24) is 4.98 Å². The number of rotatable bonds is 2. The highest BCUT2D eigenvalue weighted by molar-refractivity contribution is 6.29. The summed E-state index contributed by atoms with van der Waals surface area (Å²) >= 11 is 5.71. The van der Waals surface area contributed by atoms with E-state index in [1.54, 1.807) is 24.3 Å². The Balaban J connectivity index is 2.37. The van der Waals surface area contributed by atoms with Gasteiger partial charge < -0.3 is 0 Å². The van der Waals surface area contributed by atoms with Gasteiger partial charge in [0, 0.05) is 17.3 Å². The molecule has 15 heavy (non-hydrogen) atoms. The average Bonchev–Trinajstić information content (AvgIpc) is 2.29. The molecule has 0 atom stereocenters. The second-order valence-corrected chi connectivity index (χ2v) is 3.45. The van der Waals surface area contributed by atoms with E-state index in [-0.39, 0.29) is 5.78 Å². The predicted octanol–water partition coefficient (Wildman–Crippen LogP) is 2.97. The maximum atomic E-state index is 11.9. The second kappa shape index (κ2) is 4.24. The van der Waals surface area contributed by atoms with E-state index < -0.39 is 0 Å². The first-order valence-corrected chi connectivity index (χ1v) is 4.86. The minimum atomic E-state index is -0.0418. The lowest BCUT2D eigenvalue weighted by atomic mass is 10.1. The van der Waals surface area contributed by atoms with Crippen molar-refractivity contribution in [2.45, 2.75) is 0 Å². The summed E-state index contributed by atoms with van der Waals surface area (Å²) in [5, 5.41) is 0.330. The maximum absolute atomic E-state index is 11.9. The number of carbonyl (C=O) groups excluding carboxylic acids is 1. The molecule has 74 valence electrons. The van der Waals surface area contributed by atoms with Crippen LogP contribution in [0.3, 0.4) is 0 Å². The molecule has 0 aliphatic heterocycles. The van der Waals surface area contributed by atoms with E-state index >= 15 is 0 Å². The molecule has 0 bridgehead atoms. The normalized spacial score (nSPS) is 9.93. The zero-order valence-electron chi connectivity index (χ0n) is 7.85. The summed E-state index contributed by atoms with van der Waals surface area (Å²) in [6, 6.07) is 12.3. The van der Waals surface area contributed by atoms with Crippen LogP contribution >= 0.6 is 11.6 Å². The summed E-state index contributed by atoms with van der Waals surface area (Å²) in [6.07, 6.45) is 1.53. The lowest BCUT2D eigenvalue weighted by molar-refractivity contribution is 0.103. The number of halogens is 1. The molecule has 0 spiro atoms. The Morgan fingerprint density at radius 2 is 1.80 bits per heavy atom. The topological polar surface area (TPSA) is 30.0 Å². The Morgan fingerprint density at radius 3 is 2.47 bits per heavy atom. The van der Waals surface area contributed by atoms with Crippen LogP contribution in [-0.4, -0.2) is 10.8 Å². The Hall–Kier alpha value is -1.67. The first kappa shape index (κ1) is 9.87. The van der Waals surface area contributed by atoms with Crippen LogP contribution in [0.4, 0.5) is 0 Å². The summed E-state index contributed by atoms with van der Waals surface area (Å²) in [6.45, 7) is 0. The monoisotopic (exact) mass is 217 g/mol. The van der Waals surface area contributed by atoms with Gasteiger partial charge in [0.25, 0.3) is 0 Å². The minimum Gasteiger partial charge on any atom is -0.289 e. The van der Waals surface area contributed by atoms with Crippen LogP contribution in [0.1, 0.15) is 15.9 Å². The second-order valence-electron chi connectivity index (χ2n) is 3.06. The molecule has 2 aromatic rings. The van der Waals surface area contributed by atoms with E-state index in [1.807, 2.05) is 18.2 Å². The first-order valence-electron chi connectivity index (χ1n) is 4.48. The number of carbonyl (C=O) groups is 1. The molecule has 0 saturated carbocycles. The van der Waals surface area contributed by atoms with Gasteiger partial charge >= 0.3 is 0 Å². The number of aromatic nitrogens is 1. The third kappa shape index (κ3) is 2.22. The van der Waals surface area contributed by atoms with Crippen LogP contribution in [-0.2, 0) is 0 Å². The van der Waals surface area contributed by atoms with E-state index in [1.165, 1.54) is 6.20 Å². The van der Waals surface area contributed by atoms with Gasteiger partial charge in [-0.1, -0.05) is 41.9 Å². The summed E-state index contributed by atoms with van der Waals surface area (Å²) < 4.78 is 0. The highest BCUT2D eigenvalue weighted by atomic mass is 35.5. The van der Waals surface area contributed by atoms with Gasteiger partial charge in [0.05, 0.1) is 0 Å². The molecule has 1 heterocycles. The molecule has 1 aromatic heterocycles. The number of benzene rings is 1. The lowest BCUT2D eigenvalue weighted by Gasteiger charge is -2.00. The Kier molecular flexibility index (Phi) is 2.79. The summed E-state index contributed by atoms with van der Waals surface area (Å²) in [5.74, 6) is -0.0418. The molecule has 2 nitrogen and oxygen atoms in total. The first-order chi connectivity index (χ1) is 7.27. The highest BCUT2D eigenvalue weighted by Gasteiger charge is 2.08. The van der Waals surface area contributed by atoms with Crippen molar-refractivity contribution in [3.8, 4) is 0 Å². The molecular formula is C12H8ClNO. The Labute approximate surface area is 92.5 Å². The van der Waals surface area contributed by atoms with Gasteiger partial charge in [-0.05, 0) is 12.1 Å². The van der Waals surface area contributed by atoms with Gasteiger partial charge in [0.15, 0.2) is 5.78 Å². The number of hydrogen-bond donors (Lipinski definition) is 0. The van der Waals surface area contributed by atoms with E-state index in [2.05, 4.69) is 4.98 Å². The summed E-state index contributed by atoms with van der Waals surface area (Å²) in [5.41, 5.74) is 1.21. The highest BCUT2D eigenvalue weighted by Crippen LogP contribution is 2.12. The molecular weight excluding hydrogens is 210 g/mol. The van der Waals surface area contributed by atoms with Gasteiger partial charge in [-0.3, -0.25) is 4.79 Å². The van der Waals surface area contributed by atoms with Crippen LogP contribution in [0.5, 0.6) is 0 Å². The van der Waals surface area contributed by atoms with Gasteiger partial charge in [0.2, 0.25) is 0 Å².